The maximum atomic E-state index is 12.2. The highest BCUT2D eigenvalue weighted by molar-refractivity contribution is 5.94. The molecule has 0 aliphatic rings. The number of likely N-dealkylation sites (N-methyl/N-ethyl adjacent to an activating group) is 1. The molecular weight excluding hydrogens is 406 g/mol. The van der Waals surface area contributed by atoms with Gasteiger partial charge in [0, 0.05) is 43.0 Å². The van der Waals surface area contributed by atoms with Crippen molar-refractivity contribution in [3.8, 4) is 0 Å². The van der Waals surface area contributed by atoms with E-state index in [9.17, 15) is 14.4 Å². The Labute approximate surface area is 189 Å². The Morgan fingerprint density at radius 3 is 2.19 bits per heavy atom. The number of urea groups is 1. The average molecular weight is 440 g/mol. The molecule has 0 aliphatic heterocycles. The minimum atomic E-state index is -0.359. The fourth-order valence-corrected chi connectivity index (χ4v) is 2.89. The van der Waals surface area contributed by atoms with Crippen LogP contribution in [-0.4, -0.2) is 49.9 Å². The van der Waals surface area contributed by atoms with Crippen LogP contribution in [0.2, 0.25) is 0 Å². The molecule has 0 aromatic heterocycles. The van der Waals surface area contributed by atoms with Gasteiger partial charge in [-0.05, 0) is 62.0 Å². The van der Waals surface area contributed by atoms with Crippen molar-refractivity contribution in [2.75, 3.05) is 37.8 Å². The first-order chi connectivity index (χ1) is 15.2. The normalized spacial score (nSPS) is 10.7. The molecule has 0 heterocycles. The van der Waals surface area contributed by atoms with Crippen molar-refractivity contribution in [2.45, 2.75) is 26.8 Å². The Bertz CT molecular complexity index is 910. The Kier molecular flexibility index (Phi) is 9.69. The molecule has 172 valence electrons. The Balaban J connectivity index is 1.81. The zero-order valence-electron chi connectivity index (χ0n) is 19.2. The molecule has 0 unspecified atom stereocenters. The van der Waals surface area contributed by atoms with Crippen LogP contribution in [0, 0.1) is 5.92 Å². The lowest BCUT2D eigenvalue weighted by Crippen LogP contribution is -2.31. The molecule has 0 saturated carbocycles. The van der Waals surface area contributed by atoms with Crippen LogP contribution in [-0.2, 0) is 11.3 Å². The average Bonchev–Trinajstić information content (AvgIpc) is 2.73. The largest absolute Gasteiger partial charge is 0.351 e. The number of amides is 4. The van der Waals surface area contributed by atoms with Gasteiger partial charge in [0.05, 0.1) is 0 Å². The van der Waals surface area contributed by atoms with Crippen molar-refractivity contribution in [1.82, 2.24) is 15.5 Å². The predicted octanol–water partition coefficient (Wildman–Crippen LogP) is 3.28. The summed E-state index contributed by atoms with van der Waals surface area (Å²) in [4.78, 5) is 38.3. The van der Waals surface area contributed by atoms with Crippen molar-refractivity contribution in [3.05, 3.63) is 59.7 Å². The number of anilines is 2. The highest BCUT2D eigenvalue weighted by atomic mass is 16.2. The summed E-state index contributed by atoms with van der Waals surface area (Å²) in [6.45, 7) is 5.59. The van der Waals surface area contributed by atoms with Crippen LogP contribution < -0.4 is 21.3 Å². The van der Waals surface area contributed by atoms with E-state index in [1.165, 1.54) is 0 Å². The fraction of sp³-hybridized carbons (Fsp3) is 0.375. The molecule has 4 N–H and O–H groups in total. The third-order valence-corrected chi connectivity index (χ3v) is 4.51. The molecule has 0 bridgehead atoms. The highest BCUT2D eigenvalue weighted by Crippen LogP contribution is 2.14. The number of nitrogens with one attached hydrogen (secondary N) is 4. The van der Waals surface area contributed by atoms with Crippen LogP contribution in [0.4, 0.5) is 16.2 Å². The zero-order valence-corrected chi connectivity index (χ0v) is 19.2. The topological polar surface area (TPSA) is 103 Å². The molecule has 0 spiro atoms. The Hall–Kier alpha value is -3.39. The van der Waals surface area contributed by atoms with Crippen LogP contribution in [0.15, 0.2) is 48.5 Å². The van der Waals surface area contributed by atoms with Crippen LogP contribution >= 0.6 is 0 Å². The van der Waals surface area contributed by atoms with Gasteiger partial charge in [-0.2, -0.15) is 0 Å². The number of carbonyl (C=O) groups excluding carboxylic acids is 3. The monoisotopic (exact) mass is 439 g/mol. The SMILES string of the molecule is CC(C)CC(=O)Nc1ccc(NC(=O)NCc2cccc(C(=O)NCCN(C)C)c2)cc1. The number of rotatable bonds is 10. The fourth-order valence-electron chi connectivity index (χ4n) is 2.89. The van der Waals surface area contributed by atoms with Crippen molar-refractivity contribution < 1.29 is 14.4 Å². The summed E-state index contributed by atoms with van der Waals surface area (Å²) in [6, 6.07) is 13.7. The molecular formula is C24H33N5O3. The molecule has 0 aliphatic carbocycles. The minimum absolute atomic E-state index is 0.0351. The molecule has 0 saturated heterocycles. The van der Waals surface area contributed by atoms with E-state index in [1.54, 1.807) is 42.5 Å². The molecule has 0 fully saturated rings. The van der Waals surface area contributed by atoms with Crippen LogP contribution in [0.25, 0.3) is 0 Å². The van der Waals surface area contributed by atoms with E-state index >= 15 is 0 Å². The molecule has 2 aromatic rings. The van der Waals surface area contributed by atoms with Crippen LogP contribution in [0.1, 0.15) is 36.2 Å². The standard InChI is InChI=1S/C24H33N5O3/c1-17(2)14-22(30)27-20-8-10-21(11-9-20)28-24(32)26-16-18-6-5-7-19(15-18)23(31)25-12-13-29(3)4/h5-11,15,17H,12-14,16H2,1-4H3,(H,25,31)(H,27,30)(H2,26,28,32). The van der Waals surface area contributed by atoms with Gasteiger partial charge in [0.25, 0.3) is 5.91 Å². The summed E-state index contributed by atoms with van der Waals surface area (Å²) >= 11 is 0. The van der Waals surface area contributed by atoms with E-state index in [4.69, 9.17) is 0 Å². The van der Waals surface area contributed by atoms with E-state index in [0.29, 0.717) is 29.9 Å². The number of hydrogen-bond donors (Lipinski definition) is 4. The van der Waals surface area contributed by atoms with Gasteiger partial charge in [0.1, 0.15) is 0 Å². The van der Waals surface area contributed by atoms with Gasteiger partial charge in [-0.25, -0.2) is 4.79 Å². The lowest BCUT2D eigenvalue weighted by molar-refractivity contribution is -0.116. The summed E-state index contributed by atoms with van der Waals surface area (Å²) in [7, 11) is 3.90. The second-order valence-electron chi connectivity index (χ2n) is 8.29. The highest BCUT2D eigenvalue weighted by Gasteiger charge is 2.08. The number of carbonyl (C=O) groups is 3. The summed E-state index contributed by atoms with van der Waals surface area (Å²) in [5.41, 5.74) is 2.67. The van der Waals surface area contributed by atoms with Gasteiger partial charge in [0.2, 0.25) is 5.91 Å². The number of benzene rings is 2. The van der Waals surface area contributed by atoms with Crippen LogP contribution in [0.5, 0.6) is 0 Å². The van der Waals surface area contributed by atoms with Crippen molar-refractivity contribution in [3.63, 3.8) is 0 Å². The van der Waals surface area contributed by atoms with Crippen molar-refractivity contribution >= 4 is 29.2 Å². The van der Waals surface area contributed by atoms with Crippen molar-refractivity contribution in [2.24, 2.45) is 5.92 Å². The molecule has 32 heavy (non-hydrogen) atoms. The van der Waals surface area contributed by atoms with E-state index in [2.05, 4.69) is 21.3 Å². The van der Waals surface area contributed by atoms with E-state index in [0.717, 1.165) is 12.1 Å². The predicted molar refractivity (Wildman–Crippen MR) is 128 cm³/mol. The smallest absolute Gasteiger partial charge is 0.319 e. The zero-order chi connectivity index (χ0) is 23.5. The summed E-state index contributed by atoms with van der Waals surface area (Å²) in [6.07, 6.45) is 0.460. The summed E-state index contributed by atoms with van der Waals surface area (Å²) in [5.74, 6) is 0.114. The van der Waals surface area contributed by atoms with E-state index in [1.807, 2.05) is 38.9 Å². The molecule has 0 atom stereocenters. The molecule has 4 amide bonds. The van der Waals surface area contributed by atoms with Gasteiger partial charge in [-0.15, -0.1) is 0 Å². The van der Waals surface area contributed by atoms with Gasteiger partial charge >= 0.3 is 6.03 Å². The van der Waals surface area contributed by atoms with Crippen LogP contribution in [0.3, 0.4) is 0 Å². The second-order valence-corrected chi connectivity index (χ2v) is 8.29. The molecule has 2 aromatic carbocycles. The summed E-state index contributed by atoms with van der Waals surface area (Å²) in [5, 5.41) is 11.2. The molecule has 8 nitrogen and oxygen atoms in total. The van der Waals surface area contributed by atoms with Gasteiger partial charge in [0.15, 0.2) is 0 Å². The Morgan fingerprint density at radius 1 is 0.906 bits per heavy atom. The molecule has 8 heteroatoms. The first-order valence-electron chi connectivity index (χ1n) is 10.7. The first kappa shape index (κ1) is 24.9. The first-order valence-corrected chi connectivity index (χ1v) is 10.7. The van der Waals surface area contributed by atoms with Crippen molar-refractivity contribution in [1.29, 1.82) is 0 Å². The van der Waals surface area contributed by atoms with E-state index < -0.39 is 0 Å². The van der Waals surface area contributed by atoms with Gasteiger partial charge < -0.3 is 26.2 Å². The number of nitrogens with zero attached hydrogens (tertiary/aromatic N) is 1. The van der Waals surface area contributed by atoms with Gasteiger partial charge in [-0.1, -0.05) is 26.0 Å². The lowest BCUT2D eigenvalue weighted by atomic mass is 10.1. The lowest BCUT2D eigenvalue weighted by Gasteiger charge is -2.12. The van der Waals surface area contributed by atoms with E-state index in [-0.39, 0.29) is 30.3 Å². The third kappa shape index (κ3) is 9.18. The second kappa shape index (κ2) is 12.5. The Morgan fingerprint density at radius 2 is 1.56 bits per heavy atom. The minimum Gasteiger partial charge on any atom is -0.351 e. The number of hydrogen-bond acceptors (Lipinski definition) is 4. The maximum absolute atomic E-state index is 12.2. The maximum Gasteiger partial charge on any atom is 0.319 e. The summed E-state index contributed by atoms with van der Waals surface area (Å²) < 4.78 is 0. The van der Waals surface area contributed by atoms with Gasteiger partial charge in [-0.3, -0.25) is 9.59 Å². The molecule has 0 radical (unpaired) electrons. The quantitative estimate of drug-likeness (QED) is 0.456. The third-order valence-electron chi connectivity index (χ3n) is 4.51. The molecule has 2 rings (SSSR count).